The number of imide groups is 1. The Morgan fingerprint density at radius 1 is 0.881 bits per heavy atom. The van der Waals surface area contributed by atoms with Gasteiger partial charge in [-0.2, -0.15) is 0 Å². The summed E-state index contributed by atoms with van der Waals surface area (Å²) in [5.74, 6) is -4.23. The van der Waals surface area contributed by atoms with Gasteiger partial charge in [0.25, 0.3) is 11.8 Å². The lowest BCUT2D eigenvalue weighted by Crippen LogP contribution is -2.67. The summed E-state index contributed by atoms with van der Waals surface area (Å²) in [5, 5.41) is -0.445. The zero-order valence-electron chi connectivity index (χ0n) is 22.3. The van der Waals surface area contributed by atoms with Crippen LogP contribution in [-0.4, -0.2) is 88.6 Å². The van der Waals surface area contributed by atoms with Gasteiger partial charge in [-0.25, -0.2) is 0 Å². The van der Waals surface area contributed by atoms with Gasteiger partial charge in [-0.05, 0) is 12.8 Å². The SMILES string of the molecule is CC(=O)OC[C@H]1O[C@@H](OCCCC(Br)CBr)[C@H](N2C(=O)c3c(Cl)c(Cl)c(Cl)c(Cl)c3C2=O)[C@@H](OC(C)=O)[C@@H]1OC(C)=O. The number of halogens is 6. The molecular formula is C25H25Br2Cl4NO10. The second-order valence-corrected chi connectivity index (χ2v) is 12.7. The molecule has 0 saturated carbocycles. The fraction of sp³-hybridized carbons (Fsp3) is 0.560. The molecule has 232 valence electrons. The van der Waals surface area contributed by atoms with Crippen molar-refractivity contribution in [3.8, 4) is 0 Å². The molecule has 0 spiro atoms. The summed E-state index contributed by atoms with van der Waals surface area (Å²) in [6, 6.07) is -1.53. The van der Waals surface area contributed by atoms with Crippen LogP contribution in [0.3, 0.4) is 0 Å². The molecule has 0 N–H and O–H groups in total. The minimum atomic E-state index is -1.54. The number of carbonyl (C=O) groups excluding carboxylic acids is 5. The van der Waals surface area contributed by atoms with Gasteiger partial charge in [-0.3, -0.25) is 28.9 Å². The monoisotopic (exact) mass is 797 g/mol. The van der Waals surface area contributed by atoms with Gasteiger partial charge in [-0.15, -0.1) is 0 Å². The number of hydrogen-bond acceptors (Lipinski definition) is 10. The molecule has 1 saturated heterocycles. The zero-order valence-corrected chi connectivity index (χ0v) is 28.5. The average Bonchev–Trinajstić information content (AvgIpc) is 3.17. The number of amides is 2. The highest BCUT2D eigenvalue weighted by molar-refractivity contribution is 9.12. The van der Waals surface area contributed by atoms with Crippen LogP contribution in [0.4, 0.5) is 0 Å². The van der Waals surface area contributed by atoms with Crippen LogP contribution >= 0.6 is 78.3 Å². The maximum absolute atomic E-state index is 13.8. The predicted octanol–water partition coefficient (Wildman–Crippen LogP) is 5.37. The van der Waals surface area contributed by atoms with Crippen LogP contribution in [0.1, 0.15) is 54.3 Å². The Kier molecular flexibility index (Phi) is 12.8. The lowest BCUT2D eigenvalue weighted by Gasteiger charge is -2.47. The van der Waals surface area contributed by atoms with E-state index in [-0.39, 0.29) is 42.7 Å². The van der Waals surface area contributed by atoms with E-state index in [0.29, 0.717) is 23.1 Å². The van der Waals surface area contributed by atoms with E-state index >= 15 is 0 Å². The highest BCUT2D eigenvalue weighted by Gasteiger charge is 2.58. The molecule has 1 fully saturated rings. The molecule has 2 heterocycles. The number of benzene rings is 1. The third-order valence-electron chi connectivity index (χ3n) is 6.21. The average molecular weight is 801 g/mol. The zero-order chi connectivity index (χ0) is 31.5. The third-order valence-corrected chi connectivity index (χ3v) is 10.4. The molecule has 1 unspecified atom stereocenters. The molecule has 0 radical (unpaired) electrons. The van der Waals surface area contributed by atoms with Gasteiger partial charge in [0.15, 0.2) is 18.5 Å². The summed E-state index contributed by atoms with van der Waals surface area (Å²) in [4.78, 5) is 64.6. The highest BCUT2D eigenvalue weighted by Crippen LogP contribution is 2.46. The second-order valence-electron chi connectivity index (χ2n) is 9.24. The van der Waals surface area contributed by atoms with Gasteiger partial charge in [0.2, 0.25) is 0 Å². The number of carbonyl (C=O) groups is 5. The molecule has 6 atom stereocenters. The van der Waals surface area contributed by atoms with Crippen molar-refractivity contribution in [2.45, 2.75) is 69.1 Å². The Morgan fingerprint density at radius 3 is 1.88 bits per heavy atom. The molecule has 1 aromatic rings. The third kappa shape index (κ3) is 7.71. The van der Waals surface area contributed by atoms with Crippen LogP contribution in [-0.2, 0) is 38.1 Å². The van der Waals surface area contributed by atoms with E-state index in [2.05, 4.69) is 31.9 Å². The summed E-state index contributed by atoms with van der Waals surface area (Å²) in [7, 11) is 0. The molecule has 17 heteroatoms. The Bertz CT molecular complexity index is 1220. The Morgan fingerprint density at radius 2 is 1.40 bits per heavy atom. The second kappa shape index (κ2) is 15.2. The van der Waals surface area contributed by atoms with Gasteiger partial charge >= 0.3 is 17.9 Å². The van der Waals surface area contributed by atoms with Crippen molar-refractivity contribution in [1.82, 2.24) is 4.90 Å². The minimum absolute atomic E-state index is 0.0733. The quantitative estimate of drug-likeness (QED) is 0.0547. The van der Waals surface area contributed by atoms with E-state index in [4.69, 9.17) is 70.1 Å². The predicted molar refractivity (Wildman–Crippen MR) is 159 cm³/mol. The first kappa shape index (κ1) is 35.3. The lowest BCUT2D eigenvalue weighted by molar-refractivity contribution is -0.286. The van der Waals surface area contributed by atoms with Gasteiger partial charge in [0.05, 0.1) is 31.2 Å². The molecule has 2 aliphatic heterocycles. The molecular weight excluding hydrogens is 776 g/mol. The molecule has 3 rings (SSSR count). The van der Waals surface area contributed by atoms with Crippen molar-refractivity contribution in [2.75, 3.05) is 18.5 Å². The fourth-order valence-corrected chi connectivity index (χ4v) is 6.17. The first-order valence-electron chi connectivity index (χ1n) is 12.4. The molecule has 1 aromatic carbocycles. The molecule has 11 nitrogen and oxygen atoms in total. The standard InChI is InChI=1S/C25H25Br2Cl4NO10/c1-9(33)39-8-13-21(40-10(2)34)22(41-11(3)35)20(25(42-13)38-6-4-5-12(27)7-26)32-23(36)14-15(24(32)37)17(29)19(31)18(30)16(14)28/h12-13,20-22,25H,4-8H2,1-3H3/t12?,13-,20-,21-,22-,25-/m1/s1. The van der Waals surface area contributed by atoms with Crippen LogP contribution in [0.15, 0.2) is 0 Å². The number of ether oxygens (including phenoxy) is 5. The van der Waals surface area contributed by atoms with Crippen LogP contribution in [0, 0.1) is 0 Å². The Labute approximate surface area is 277 Å². The normalized spacial score (nSPS) is 24.3. The molecule has 0 aliphatic carbocycles. The summed E-state index contributed by atoms with van der Waals surface area (Å²) >= 11 is 31.9. The van der Waals surface area contributed by atoms with Crippen LogP contribution < -0.4 is 0 Å². The molecule has 2 aliphatic rings. The topological polar surface area (TPSA) is 135 Å². The Hall–Kier alpha value is -1.19. The van der Waals surface area contributed by atoms with Crippen molar-refractivity contribution < 1.29 is 47.7 Å². The van der Waals surface area contributed by atoms with Crippen LogP contribution in [0.2, 0.25) is 20.1 Å². The maximum Gasteiger partial charge on any atom is 0.303 e. The smallest absolute Gasteiger partial charge is 0.303 e. The fourth-order valence-electron chi connectivity index (χ4n) is 4.51. The molecule has 0 aromatic heterocycles. The summed E-state index contributed by atoms with van der Waals surface area (Å²) < 4.78 is 28.2. The van der Waals surface area contributed by atoms with E-state index in [1.807, 2.05) is 0 Å². The van der Waals surface area contributed by atoms with E-state index in [9.17, 15) is 24.0 Å². The van der Waals surface area contributed by atoms with Crippen molar-refractivity contribution in [3.05, 3.63) is 31.2 Å². The number of alkyl halides is 2. The van der Waals surface area contributed by atoms with Crippen molar-refractivity contribution in [2.24, 2.45) is 0 Å². The minimum Gasteiger partial charge on any atom is -0.463 e. The highest BCUT2D eigenvalue weighted by atomic mass is 79.9. The number of esters is 3. The number of nitrogens with zero attached hydrogens (tertiary/aromatic N) is 1. The first-order chi connectivity index (χ1) is 19.7. The maximum atomic E-state index is 13.8. The van der Waals surface area contributed by atoms with Crippen molar-refractivity contribution in [1.29, 1.82) is 0 Å². The summed E-state index contributed by atoms with van der Waals surface area (Å²) in [5.41, 5.74) is -0.654. The number of fused-ring (bicyclic) bond motifs is 1. The first-order valence-corrected chi connectivity index (χ1v) is 15.9. The van der Waals surface area contributed by atoms with E-state index in [1.165, 1.54) is 0 Å². The van der Waals surface area contributed by atoms with E-state index in [1.54, 1.807) is 0 Å². The van der Waals surface area contributed by atoms with Gasteiger partial charge in [0.1, 0.15) is 18.8 Å². The largest absolute Gasteiger partial charge is 0.463 e. The van der Waals surface area contributed by atoms with Crippen molar-refractivity contribution in [3.63, 3.8) is 0 Å². The Balaban J connectivity index is 2.13. The van der Waals surface area contributed by atoms with Crippen molar-refractivity contribution >= 4 is 108 Å². The summed E-state index contributed by atoms with van der Waals surface area (Å²) in [6.45, 7) is 2.98. The van der Waals surface area contributed by atoms with E-state index in [0.717, 1.165) is 20.8 Å². The lowest BCUT2D eigenvalue weighted by atomic mass is 9.94. The molecule has 2 amide bonds. The summed E-state index contributed by atoms with van der Waals surface area (Å²) in [6.07, 6.45) is -4.47. The van der Waals surface area contributed by atoms with E-state index < -0.39 is 67.0 Å². The van der Waals surface area contributed by atoms with Gasteiger partial charge < -0.3 is 23.7 Å². The van der Waals surface area contributed by atoms with Crippen LogP contribution in [0.25, 0.3) is 0 Å². The number of rotatable bonds is 11. The van der Waals surface area contributed by atoms with Crippen LogP contribution in [0.5, 0.6) is 0 Å². The molecule has 0 bridgehead atoms. The van der Waals surface area contributed by atoms with Gasteiger partial charge in [-0.1, -0.05) is 78.3 Å². The van der Waals surface area contributed by atoms with Gasteiger partial charge in [0, 0.05) is 37.5 Å². The molecule has 42 heavy (non-hydrogen) atoms. The number of hydrogen-bond donors (Lipinski definition) is 0.